The molecule has 0 saturated heterocycles. The number of hydrogen-bond acceptors (Lipinski definition) is 9. The molecule has 0 spiro atoms. The number of carbonyl (C=O) groups excluding carboxylic acids is 1. The van der Waals surface area contributed by atoms with E-state index in [0.29, 0.717) is 11.5 Å². The Morgan fingerprint density at radius 2 is 2.05 bits per heavy atom. The van der Waals surface area contributed by atoms with Gasteiger partial charge in [-0.1, -0.05) is 31.3 Å². The molecule has 0 bridgehead atoms. The second-order valence-corrected chi connectivity index (χ2v) is 11.3. The molecule has 1 aliphatic rings. The molecule has 37 heavy (non-hydrogen) atoms. The minimum Gasteiger partial charge on any atom is -0.330 e. The molecule has 4 aromatic rings. The van der Waals surface area contributed by atoms with Gasteiger partial charge in [-0.05, 0) is 86.9 Å². The van der Waals surface area contributed by atoms with Gasteiger partial charge in [0.15, 0.2) is 5.13 Å². The normalized spacial score (nSPS) is 13.0. The first-order valence-corrected chi connectivity index (χ1v) is 15.2. The average molecular weight is 560 g/mol. The molecule has 0 unspecified atom stereocenters. The lowest BCUT2D eigenvalue weighted by Gasteiger charge is -2.18. The highest BCUT2D eigenvalue weighted by Gasteiger charge is 2.15. The Morgan fingerprint density at radius 3 is 2.81 bits per heavy atom. The van der Waals surface area contributed by atoms with Crippen LogP contribution < -0.4 is 15.8 Å². The highest BCUT2D eigenvalue weighted by atomic mass is 32.2. The fourth-order valence-corrected chi connectivity index (χ4v) is 6.16. The van der Waals surface area contributed by atoms with Crippen molar-refractivity contribution in [1.29, 1.82) is 0 Å². The fraction of sp³-hybridized carbons (Fsp3) is 0.423. The smallest absolute Gasteiger partial charge is 0.213 e. The summed E-state index contributed by atoms with van der Waals surface area (Å²) in [7, 11) is 0. The number of aromatic nitrogens is 3. The van der Waals surface area contributed by atoms with Crippen molar-refractivity contribution in [1.82, 2.24) is 19.7 Å². The zero-order valence-electron chi connectivity index (χ0n) is 21.8. The van der Waals surface area contributed by atoms with Crippen molar-refractivity contribution >= 4 is 62.1 Å². The maximum atomic E-state index is 10.4. The summed E-state index contributed by atoms with van der Waals surface area (Å²) in [4.78, 5) is 17.2. The largest absolute Gasteiger partial charge is 0.330 e. The lowest BCUT2D eigenvalue weighted by Crippen LogP contribution is -2.24. The van der Waals surface area contributed by atoms with E-state index in [2.05, 4.69) is 48.8 Å². The van der Waals surface area contributed by atoms with Crippen molar-refractivity contribution < 1.29 is 4.79 Å². The molecule has 1 aromatic carbocycles. The fourth-order valence-electron chi connectivity index (χ4n) is 3.87. The van der Waals surface area contributed by atoms with E-state index >= 15 is 0 Å². The third-order valence-electron chi connectivity index (χ3n) is 5.48. The molecule has 200 valence electrons. The SMILES string of the molecule is CC.Cc1cc2n(n1)CCCN(CCCCN)C2.O=CNc1nc2ccc(NSc3cccs3)cc2s1. The molecule has 4 N–H and O–H groups in total. The molecule has 0 aliphatic carbocycles. The van der Waals surface area contributed by atoms with E-state index in [1.165, 1.54) is 47.2 Å². The summed E-state index contributed by atoms with van der Waals surface area (Å²) in [6.45, 7) is 11.3. The summed E-state index contributed by atoms with van der Waals surface area (Å²) in [5.41, 5.74) is 9.93. The summed E-state index contributed by atoms with van der Waals surface area (Å²) in [5, 5.41) is 9.75. The summed E-state index contributed by atoms with van der Waals surface area (Å²) >= 11 is 4.74. The molecule has 1 amide bonds. The predicted molar refractivity (Wildman–Crippen MR) is 160 cm³/mol. The van der Waals surface area contributed by atoms with E-state index in [4.69, 9.17) is 5.73 Å². The summed E-state index contributed by atoms with van der Waals surface area (Å²) < 4.78 is 7.72. The molecule has 1 aliphatic heterocycles. The third-order valence-corrected chi connectivity index (χ3v) is 8.30. The van der Waals surface area contributed by atoms with Crippen LogP contribution in [-0.2, 0) is 17.9 Å². The van der Waals surface area contributed by atoms with Gasteiger partial charge in [-0.25, -0.2) is 4.98 Å². The van der Waals surface area contributed by atoms with Crippen molar-refractivity contribution in [3.8, 4) is 0 Å². The van der Waals surface area contributed by atoms with Gasteiger partial charge in [-0.3, -0.25) is 14.4 Å². The van der Waals surface area contributed by atoms with Crippen LogP contribution in [0.3, 0.4) is 0 Å². The van der Waals surface area contributed by atoms with Crippen LogP contribution in [0.2, 0.25) is 0 Å². The first-order chi connectivity index (χ1) is 18.1. The molecule has 0 atom stereocenters. The van der Waals surface area contributed by atoms with Crippen LogP contribution in [0.1, 0.15) is 44.5 Å². The monoisotopic (exact) mass is 559 g/mol. The van der Waals surface area contributed by atoms with Gasteiger partial charge in [-0.2, -0.15) is 5.10 Å². The Labute approximate surface area is 231 Å². The quantitative estimate of drug-likeness (QED) is 0.127. The number of nitrogens with one attached hydrogen (secondary N) is 2. The maximum Gasteiger partial charge on any atom is 0.213 e. The van der Waals surface area contributed by atoms with E-state index in [1.54, 1.807) is 23.3 Å². The van der Waals surface area contributed by atoms with E-state index in [-0.39, 0.29) is 0 Å². The number of carbonyl (C=O) groups is 1. The van der Waals surface area contributed by atoms with Crippen LogP contribution in [0.5, 0.6) is 0 Å². The van der Waals surface area contributed by atoms with Crippen molar-refractivity contribution in [2.45, 2.75) is 57.3 Å². The zero-order valence-corrected chi connectivity index (χ0v) is 24.2. The second kappa shape index (κ2) is 15.7. The summed E-state index contributed by atoms with van der Waals surface area (Å²) in [6.07, 6.45) is 4.19. The van der Waals surface area contributed by atoms with Crippen LogP contribution >= 0.6 is 34.6 Å². The lowest BCUT2D eigenvalue weighted by atomic mass is 10.2. The molecule has 4 heterocycles. The highest BCUT2D eigenvalue weighted by Crippen LogP contribution is 2.31. The van der Waals surface area contributed by atoms with Gasteiger partial charge in [0.1, 0.15) is 0 Å². The molecular weight excluding hydrogens is 523 g/mol. The highest BCUT2D eigenvalue weighted by molar-refractivity contribution is 8.02. The Balaban J connectivity index is 0.000000195. The molecule has 5 rings (SSSR count). The van der Waals surface area contributed by atoms with Gasteiger partial charge in [0.05, 0.1) is 25.8 Å². The molecule has 0 radical (unpaired) electrons. The van der Waals surface area contributed by atoms with Gasteiger partial charge in [0.2, 0.25) is 6.41 Å². The van der Waals surface area contributed by atoms with E-state index in [9.17, 15) is 4.79 Å². The molecule has 11 heteroatoms. The molecule has 0 fully saturated rings. The second-order valence-electron chi connectivity index (χ2n) is 8.23. The maximum absolute atomic E-state index is 10.4. The number of nitrogens with two attached hydrogens (primary N) is 1. The molecular formula is C26H37N7OS3. The zero-order chi connectivity index (χ0) is 26.5. The number of anilines is 2. The Morgan fingerprint density at radius 1 is 1.19 bits per heavy atom. The topological polar surface area (TPSA) is 101 Å². The van der Waals surface area contributed by atoms with Gasteiger partial charge < -0.3 is 15.8 Å². The number of fused-ring (bicyclic) bond motifs is 2. The van der Waals surface area contributed by atoms with E-state index in [1.807, 2.05) is 43.5 Å². The molecule has 0 saturated carbocycles. The lowest BCUT2D eigenvalue weighted by molar-refractivity contribution is -0.105. The summed E-state index contributed by atoms with van der Waals surface area (Å²) in [5.74, 6) is 0. The van der Waals surface area contributed by atoms with E-state index in [0.717, 1.165) is 47.7 Å². The Hall–Kier alpha value is -2.44. The third kappa shape index (κ3) is 9.11. The number of thiophene rings is 1. The minimum atomic E-state index is 0.619. The molecule has 3 aromatic heterocycles. The van der Waals surface area contributed by atoms with Crippen LogP contribution in [0, 0.1) is 6.92 Å². The number of nitrogens with zero attached hydrogens (tertiary/aromatic N) is 4. The number of rotatable bonds is 9. The average Bonchev–Trinajstić information content (AvgIpc) is 3.62. The van der Waals surface area contributed by atoms with Crippen molar-refractivity contribution in [2.75, 3.05) is 29.7 Å². The number of amides is 1. The van der Waals surface area contributed by atoms with Crippen molar-refractivity contribution in [3.05, 3.63) is 53.2 Å². The van der Waals surface area contributed by atoms with Gasteiger partial charge in [0, 0.05) is 25.3 Å². The van der Waals surface area contributed by atoms with Crippen molar-refractivity contribution in [3.63, 3.8) is 0 Å². The number of aryl methyl sites for hydroxylation is 2. The first-order valence-electron chi connectivity index (χ1n) is 12.7. The van der Waals surface area contributed by atoms with Crippen molar-refractivity contribution in [2.24, 2.45) is 5.73 Å². The van der Waals surface area contributed by atoms with Gasteiger partial charge in [-0.15, -0.1) is 11.3 Å². The van der Waals surface area contributed by atoms with Gasteiger partial charge in [0.25, 0.3) is 0 Å². The first kappa shape index (κ1) is 29.1. The predicted octanol–water partition coefficient (Wildman–Crippen LogP) is 6.21. The number of unbranched alkanes of at least 4 members (excludes halogenated alkanes) is 1. The Kier molecular flexibility index (Phi) is 12.4. The van der Waals surface area contributed by atoms with Crippen LogP contribution in [0.15, 0.2) is 46.0 Å². The Bertz CT molecular complexity index is 1210. The van der Waals surface area contributed by atoms with E-state index < -0.39 is 0 Å². The number of hydrogen-bond donors (Lipinski definition) is 3. The van der Waals surface area contributed by atoms with Crippen LogP contribution in [-0.4, -0.2) is 45.7 Å². The summed E-state index contributed by atoms with van der Waals surface area (Å²) in [6, 6.07) is 12.3. The molecule has 8 nitrogen and oxygen atoms in total. The van der Waals surface area contributed by atoms with Crippen LogP contribution in [0.25, 0.3) is 10.2 Å². The number of benzene rings is 1. The standard InChI is InChI=1S/C12H22N4.C12H9N3OS3.C2H6/c1-11-9-12-10-15(6-3-2-5-13)7-4-8-16(12)14-11;16-7-13-12-14-9-4-3-8(6-10(9)18-12)15-19-11-2-1-5-17-11;1-2/h9H,2-8,10,13H2,1H3;1-7,15H,(H,13,14,16);1-2H3. The van der Waals surface area contributed by atoms with Crippen LogP contribution in [0.4, 0.5) is 10.8 Å². The van der Waals surface area contributed by atoms with Gasteiger partial charge >= 0.3 is 0 Å². The minimum absolute atomic E-state index is 0.619. The number of thiazole rings is 1.